The van der Waals surface area contributed by atoms with Crippen molar-refractivity contribution in [1.82, 2.24) is 5.32 Å². The predicted molar refractivity (Wildman–Crippen MR) is 73.3 cm³/mol. The maximum Gasteiger partial charge on any atom is 0.344 e. The van der Waals surface area contributed by atoms with Crippen LogP contribution in [0.5, 0.6) is 5.75 Å². The highest BCUT2D eigenvalue weighted by atomic mass is 32.2. The van der Waals surface area contributed by atoms with Gasteiger partial charge in [0.2, 0.25) is 0 Å². The second kappa shape index (κ2) is 5.79. The van der Waals surface area contributed by atoms with Crippen molar-refractivity contribution in [2.24, 2.45) is 0 Å². The third kappa shape index (κ3) is 3.39. The highest BCUT2D eigenvalue weighted by molar-refractivity contribution is 8.18. The SMILES string of the molecule is C[C@@H](Oc1ccc(/C=C2/SC(=O)NC2=O)cc1)C(=O)O. The van der Waals surface area contributed by atoms with Crippen LogP contribution in [0.3, 0.4) is 0 Å². The van der Waals surface area contributed by atoms with Crippen molar-refractivity contribution in [2.45, 2.75) is 13.0 Å². The largest absolute Gasteiger partial charge is 0.479 e. The van der Waals surface area contributed by atoms with E-state index >= 15 is 0 Å². The molecule has 1 aliphatic rings. The van der Waals surface area contributed by atoms with E-state index < -0.39 is 23.2 Å². The third-order valence-corrected chi connectivity index (χ3v) is 3.29. The van der Waals surface area contributed by atoms with Crippen molar-refractivity contribution in [1.29, 1.82) is 0 Å². The smallest absolute Gasteiger partial charge is 0.344 e. The number of aliphatic carboxylic acids is 1. The highest BCUT2D eigenvalue weighted by Crippen LogP contribution is 2.26. The first-order valence-corrected chi connectivity index (χ1v) is 6.52. The molecule has 0 aliphatic carbocycles. The number of amides is 2. The lowest BCUT2D eigenvalue weighted by Crippen LogP contribution is -2.22. The van der Waals surface area contributed by atoms with Gasteiger partial charge >= 0.3 is 5.97 Å². The fourth-order valence-electron chi connectivity index (χ4n) is 1.47. The number of ether oxygens (including phenoxy) is 1. The van der Waals surface area contributed by atoms with Crippen LogP contribution in [0, 0.1) is 0 Å². The highest BCUT2D eigenvalue weighted by Gasteiger charge is 2.24. The van der Waals surface area contributed by atoms with Gasteiger partial charge in [0, 0.05) is 0 Å². The van der Waals surface area contributed by atoms with Gasteiger partial charge in [-0.25, -0.2) is 4.79 Å². The topological polar surface area (TPSA) is 92.7 Å². The van der Waals surface area contributed by atoms with Crippen molar-refractivity contribution >= 4 is 35.0 Å². The molecule has 1 saturated heterocycles. The number of thioether (sulfide) groups is 1. The third-order valence-electron chi connectivity index (χ3n) is 2.48. The number of nitrogens with one attached hydrogen (secondary N) is 1. The Morgan fingerprint density at radius 3 is 2.50 bits per heavy atom. The van der Waals surface area contributed by atoms with Crippen LogP contribution in [-0.2, 0) is 9.59 Å². The minimum absolute atomic E-state index is 0.322. The van der Waals surface area contributed by atoms with Crippen LogP contribution in [0.25, 0.3) is 6.08 Å². The second-order valence-electron chi connectivity index (χ2n) is 4.02. The minimum Gasteiger partial charge on any atom is -0.479 e. The fraction of sp³-hybridized carbons (Fsp3) is 0.154. The van der Waals surface area contributed by atoms with Crippen LogP contribution in [-0.4, -0.2) is 28.3 Å². The van der Waals surface area contributed by atoms with E-state index in [2.05, 4.69) is 5.32 Å². The maximum absolute atomic E-state index is 11.4. The second-order valence-corrected chi connectivity index (χ2v) is 5.03. The Bertz CT molecular complexity index is 593. The van der Waals surface area contributed by atoms with Gasteiger partial charge in [-0.05, 0) is 42.5 Å². The van der Waals surface area contributed by atoms with Gasteiger partial charge in [-0.3, -0.25) is 14.9 Å². The number of benzene rings is 1. The molecule has 20 heavy (non-hydrogen) atoms. The fourth-order valence-corrected chi connectivity index (χ4v) is 2.15. The summed E-state index contributed by atoms with van der Waals surface area (Å²) in [5, 5.41) is 10.5. The number of carboxylic acids is 1. The van der Waals surface area contributed by atoms with Crippen molar-refractivity contribution in [3.05, 3.63) is 34.7 Å². The van der Waals surface area contributed by atoms with Crippen molar-refractivity contribution < 1.29 is 24.2 Å². The number of imide groups is 1. The van der Waals surface area contributed by atoms with Crippen LogP contribution in [0.2, 0.25) is 0 Å². The lowest BCUT2D eigenvalue weighted by atomic mass is 10.2. The molecule has 1 atom stereocenters. The molecule has 0 aromatic heterocycles. The van der Waals surface area contributed by atoms with Crippen molar-refractivity contribution in [3.63, 3.8) is 0 Å². The Hall–Kier alpha value is -2.28. The van der Waals surface area contributed by atoms with Gasteiger partial charge in [-0.2, -0.15) is 0 Å². The maximum atomic E-state index is 11.4. The number of carbonyl (C=O) groups excluding carboxylic acids is 2. The minimum atomic E-state index is -1.05. The van der Waals surface area contributed by atoms with Crippen molar-refractivity contribution in [2.75, 3.05) is 0 Å². The van der Waals surface area contributed by atoms with Gasteiger partial charge in [0.15, 0.2) is 6.10 Å². The molecule has 1 heterocycles. The molecule has 0 spiro atoms. The van der Waals surface area contributed by atoms with Crippen LogP contribution < -0.4 is 10.1 Å². The molecule has 6 nitrogen and oxygen atoms in total. The lowest BCUT2D eigenvalue weighted by Gasteiger charge is -2.10. The van der Waals surface area contributed by atoms with Crippen LogP contribution in [0.4, 0.5) is 4.79 Å². The van der Waals surface area contributed by atoms with E-state index in [0.717, 1.165) is 11.8 Å². The molecule has 0 radical (unpaired) electrons. The summed E-state index contributed by atoms with van der Waals surface area (Å²) < 4.78 is 5.18. The average molecular weight is 293 g/mol. The molecule has 2 amide bonds. The number of hydrogen-bond donors (Lipinski definition) is 2. The summed E-state index contributed by atoms with van der Waals surface area (Å²) in [6, 6.07) is 6.55. The zero-order valence-electron chi connectivity index (χ0n) is 10.5. The summed E-state index contributed by atoms with van der Waals surface area (Å²) in [6.45, 7) is 1.43. The molecule has 1 aromatic rings. The summed E-state index contributed by atoms with van der Waals surface area (Å²) in [6.07, 6.45) is 0.642. The molecule has 2 rings (SSSR count). The van der Waals surface area contributed by atoms with E-state index in [4.69, 9.17) is 9.84 Å². The molecule has 2 N–H and O–H groups in total. The normalized spacial score (nSPS) is 17.9. The van der Waals surface area contributed by atoms with Crippen LogP contribution in [0.1, 0.15) is 12.5 Å². The molecular formula is C13H11NO5S. The van der Waals surface area contributed by atoms with E-state index in [1.54, 1.807) is 30.3 Å². The number of carboxylic acid groups (broad SMARTS) is 1. The van der Waals surface area contributed by atoms with E-state index in [9.17, 15) is 14.4 Å². The zero-order chi connectivity index (χ0) is 14.7. The molecule has 1 fully saturated rings. The Balaban J connectivity index is 2.09. The molecular weight excluding hydrogens is 282 g/mol. The first kappa shape index (κ1) is 14.1. The molecule has 0 saturated carbocycles. The summed E-state index contributed by atoms with van der Waals surface area (Å²) >= 11 is 0.840. The average Bonchev–Trinajstić information content (AvgIpc) is 2.70. The monoisotopic (exact) mass is 293 g/mol. The Labute approximate surface area is 118 Å². The summed E-state index contributed by atoms with van der Waals surface area (Å²) in [4.78, 5) is 33.3. The molecule has 7 heteroatoms. The molecule has 1 aromatic carbocycles. The van der Waals surface area contributed by atoms with Gasteiger partial charge in [-0.15, -0.1) is 0 Å². The Kier molecular flexibility index (Phi) is 4.09. The van der Waals surface area contributed by atoms with Crippen LogP contribution >= 0.6 is 11.8 Å². The number of rotatable bonds is 4. The van der Waals surface area contributed by atoms with E-state index in [1.165, 1.54) is 6.92 Å². The van der Waals surface area contributed by atoms with E-state index in [1.807, 2.05) is 0 Å². The van der Waals surface area contributed by atoms with Crippen LogP contribution in [0.15, 0.2) is 29.2 Å². The number of hydrogen-bond acceptors (Lipinski definition) is 5. The lowest BCUT2D eigenvalue weighted by molar-refractivity contribution is -0.144. The van der Waals surface area contributed by atoms with Gasteiger partial charge in [0.05, 0.1) is 4.91 Å². The summed E-state index contributed by atoms with van der Waals surface area (Å²) in [5.41, 5.74) is 0.715. The van der Waals surface area contributed by atoms with Gasteiger partial charge in [-0.1, -0.05) is 12.1 Å². The van der Waals surface area contributed by atoms with Crippen molar-refractivity contribution in [3.8, 4) is 5.75 Å². The van der Waals surface area contributed by atoms with Gasteiger partial charge < -0.3 is 9.84 Å². The summed E-state index contributed by atoms with van der Waals surface area (Å²) in [7, 11) is 0. The molecule has 0 bridgehead atoms. The van der Waals surface area contributed by atoms with Gasteiger partial charge in [0.1, 0.15) is 5.75 Å². The molecule has 104 valence electrons. The van der Waals surface area contributed by atoms with E-state index in [0.29, 0.717) is 16.2 Å². The number of carbonyl (C=O) groups is 3. The predicted octanol–water partition coefficient (Wildman–Crippen LogP) is 1.86. The first-order chi connectivity index (χ1) is 9.45. The van der Waals surface area contributed by atoms with E-state index in [-0.39, 0.29) is 0 Å². The standard InChI is InChI=1S/C13H11NO5S/c1-7(12(16)17)19-9-4-2-8(3-5-9)6-10-11(15)14-13(18)20-10/h2-7H,1H3,(H,16,17)(H,14,15,18)/b10-6+/t7-/m1/s1. The first-order valence-electron chi connectivity index (χ1n) is 5.70. The molecule has 1 aliphatic heterocycles. The Morgan fingerprint density at radius 2 is 2.00 bits per heavy atom. The zero-order valence-corrected chi connectivity index (χ0v) is 11.3. The molecule has 0 unspecified atom stereocenters. The van der Waals surface area contributed by atoms with Gasteiger partial charge in [0.25, 0.3) is 11.1 Å². The summed E-state index contributed by atoms with van der Waals surface area (Å²) in [5.74, 6) is -1.05. The Morgan fingerprint density at radius 1 is 1.35 bits per heavy atom. The quantitative estimate of drug-likeness (QED) is 0.823.